The summed E-state index contributed by atoms with van der Waals surface area (Å²) in [6.07, 6.45) is 1.68. The molecule has 0 amide bonds. The van der Waals surface area contributed by atoms with Gasteiger partial charge in [0.1, 0.15) is 6.04 Å². The van der Waals surface area contributed by atoms with Crippen molar-refractivity contribution in [2.45, 2.75) is 25.8 Å². The Balaban J connectivity index is 2.33. The smallest absolute Gasteiger partial charge is 0.325 e. The van der Waals surface area contributed by atoms with Crippen LogP contribution >= 0.6 is 15.9 Å². The van der Waals surface area contributed by atoms with Crippen LogP contribution in [-0.4, -0.2) is 30.8 Å². The zero-order chi connectivity index (χ0) is 14.5. The highest BCUT2D eigenvalue weighted by Gasteiger charge is 2.23. The zero-order valence-electron chi connectivity index (χ0n) is 11.3. The quantitative estimate of drug-likeness (QED) is 0.860. The van der Waals surface area contributed by atoms with Gasteiger partial charge in [0, 0.05) is 6.42 Å². The van der Waals surface area contributed by atoms with E-state index in [1.165, 1.54) is 0 Å². The van der Waals surface area contributed by atoms with Crippen molar-refractivity contribution in [2.75, 3.05) is 19.8 Å². The number of ether oxygens (including phenoxy) is 2. The number of hydrogen-bond donors (Lipinski definition) is 2. The molecule has 5 nitrogen and oxygen atoms in total. The lowest BCUT2D eigenvalue weighted by Gasteiger charge is -2.17. The van der Waals surface area contributed by atoms with Crippen LogP contribution in [0, 0.1) is 0 Å². The molecule has 1 unspecified atom stereocenters. The topological polar surface area (TPSA) is 67.8 Å². The van der Waals surface area contributed by atoms with Gasteiger partial charge in [-0.25, -0.2) is 0 Å². The number of carboxylic acids is 1. The van der Waals surface area contributed by atoms with Crippen LogP contribution in [0.2, 0.25) is 0 Å². The first-order valence-corrected chi connectivity index (χ1v) is 7.48. The number of hydrogen-bond acceptors (Lipinski definition) is 4. The zero-order valence-corrected chi connectivity index (χ0v) is 12.9. The Morgan fingerprint density at radius 3 is 2.90 bits per heavy atom. The molecular weight excluding hydrogens is 326 g/mol. The normalized spacial score (nSPS) is 15.5. The minimum atomic E-state index is -0.903. The second-order valence-corrected chi connectivity index (χ2v) is 5.46. The van der Waals surface area contributed by atoms with Crippen LogP contribution in [-0.2, 0) is 4.79 Å². The standard InChI is InChI=1S/C14H18BrNO4/c1-2-4-16-12(14(17)18)9-7-10(15)13-11(8-9)19-5-3-6-20-13/h7-8,12,16H,2-6H2,1H3,(H,17,18). The van der Waals surface area contributed by atoms with E-state index < -0.39 is 12.0 Å². The van der Waals surface area contributed by atoms with E-state index in [9.17, 15) is 9.90 Å². The molecule has 1 aromatic rings. The largest absolute Gasteiger partial charge is 0.490 e. The first-order chi connectivity index (χ1) is 9.63. The average Bonchev–Trinajstić information content (AvgIpc) is 2.64. The highest BCUT2D eigenvalue weighted by Crippen LogP contribution is 2.39. The van der Waals surface area contributed by atoms with Crippen molar-refractivity contribution in [3.05, 3.63) is 22.2 Å². The Morgan fingerprint density at radius 2 is 2.20 bits per heavy atom. The molecule has 6 heteroatoms. The van der Waals surface area contributed by atoms with E-state index in [1.807, 2.05) is 6.92 Å². The third-order valence-electron chi connectivity index (χ3n) is 3.00. The van der Waals surface area contributed by atoms with Crippen LogP contribution in [0.25, 0.3) is 0 Å². The minimum absolute atomic E-state index is 0.572. The molecule has 0 spiro atoms. The van der Waals surface area contributed by atoms with Crippen LogP contribution in [0.1, 0.15) is 31.4 Å². The van der Waals surface area contributed by atoms with Gasteiger partial charge in [-0.05, 0) is 46.6 Å². The van der Waals surface area contributed by atoms with Gasteiger partial charge in [-0.2, -0.15) is 0 Å². The third kappa shape index (κ3) is 3.43. The second kappa shape index (κ2) is 6.95. The lowest BCUT2D eigenvalue weighted by Crippen LogP contribution is -2.29. The molecule has 1 aliphatic rings. The summed E-state index contributed by atoms with van der Waals surface area (Å²) < 4.78 is 12.0. The first kappa shape index (κ1) is 15.1. The second-order valence-electron chi connectivity index (χ2n) is 4.61. The summed E-state index contributed by atoms with van der Waals surface area (Å²) in [5, 5.41) is 12.4. The van der Waals surface area contributed by atoms with Gasteiger partial charge in [-0.3, -0.25) is 4.79 Å². The van der Waals surface area contributed by atoms with Crippen LogP contribution in [0.4, 0.5) is 0 Å². The predicted molar refractivity (Wildman–Crippen MR) is 78.4 cm³/mol. The van der Waals surface area contributed by atoms with Gasteiger partial charge < -0.3 is 19.9 Å². The van der Waals surface area contributed by atoms with Crippen LogP contribution < -0.4 is 14.8 Å². The lowest BCUT2D eigenvalue weighted by molar-refractivity contribution is -0.139. The van der Waals surface area contributed by atoms with Crippen molar-refractivity contribution in [2.24, 2.45) is 0 Å². The lowest BCUT2D eigenvalue weighted by atomic mass is 10.1. The Kier molecular flexibility index (Phi) is 5.25. The molecule has 2 N–H and O–H groups in total. The van der Waals surface area contributed by atoms with Gasteiger partial charge in [0.2, 0.25) is 0 Å². The summed E-state index contributed by atoms with van der Waals surface area (Å²) in [6, 6.07) is 2.77. The predicted octanol–water partition coefficient (Wildman–Crippen LogP) is 2.74. The Bertz CT molecular complexity index is 492. The first-order valence-electron chi connectivity index (χ1n) is 6.68. The van der Waals surface area contributed by atoms with Gasteiger partial charge in [-0.15, -0.1) is 0 Å². The van der Waals surface area contributed by atoms with Crippen molar-refractivity contribution in [1.29, 1.82) is 0 Å². The number of carbonyl (C=O) groups is 1. The molecular formula is C14H18BrNO4. The highest BCUT2D eigenvalue weighted by atomic mass is 79.9. The van der Waals surface area contributed by atoms with E-state index in [2.05, 4.69) is 21.2 Å². The maximum Gasteiger partial charge on any atom is 0.325 e. The molecule has 0 saturated heterocycles. The molecule has 1 aliphatic heterocycles. The van der Waals surface area contributed by atoms with Gasteiger partial charge in [0.25, 0.3) is 0 Å². The molecule has 0 aliphatic carbocycles. The van der Waals surface area contributed by atoms with Crippen molar-refractivity contribution in [3.8, 4) is 11.5 Å². The maximum atomic E-state index is 11.4. The van der Waals surface area contributed by atoms with E-state index in [1.54, 1.807) is 12.1 Å². The Labute approximate surface area is 126 Å². The van der Waals surface area contributed by atoms with Crippen LogP contribution in [0.5, 0.6) is 11.5 Å². The van der Waals surface area contributed by atoms with Gasteiger partial charge in [0.15, 0.2) is 11.5 Å². The molecule has 0 saturated carbocycles. The molecule has 0 fully saturated rings. The molecule has 0 radical (unpaired) electrons. The van der Waals surface area contributed by atoms with Crippen molar-refractivity contribution < 1.29 is 19.4 Å². The fourth-order valence-corrected chi connectivity index (χ4v) is 2.63. The van der Waals surface area contributed by atoms with Crippen LogP contribution in [0.3, 0.4) is 0 Å². The fraction of sp³-hybridized carbons (Fsp3) is 0.500. The van der Waals surface area contributed by atoms with Gasteiger partial charge >= 0.3 is 5.97 Å². The summed E-state index contributed by atoms with van der Waals surface area (Å²) in [6.45, 7) is 3.81. The Morgan fingerprint density at radius 1 is 1.45 bits per heavy atom. The number of benzene rings is 1. The van der Waals surface area contributed by atoms with E-state index in [0.717, 1.165) is 17.3 Å². The summed E-state index contributed by atoms with van der Waals surface area (Å²) in [5.41, 5.74) is 0.655. The molecule has 110 valence electrons. The van der Waals surface area contributed by atoms with Crippen molar-refractivity contribution in [1.82, 2.24) is 5.32 Å². The molecule has 1 aromatic carbocycles. The maximum absolute atomic E-state index is 11.4. The highest BCUT2D eigenvalue weighted by molar-refractivity contribution is 9.10. The number of carboxylic acid groups (broad SMARTS) is 1. The molecule has 2 rings (SSSR count). The molecule has 1 heterocycles. The molecule has 0 aromatic heterocycles. The SMILES string of the molecule is CCCNC(C(=O)O)c1cc(Br)c2c(c1)OCCCO2. The number of rotatable bonds is 5. The Hall–Kier alpha value is -1.27. The molecule has 0 bridgehead atoms. The van der Waals surface area contributed by atoms with Crippen molar-refractivity contribution in [3.63, 3.8) is 0 Å². The minimum Gasteiger partial charge on any atom is -0.490 e. The van der Waals surface area contributed by atoms with E-state index >= 15 is 0 Å². The number of fused-ring (bicyclic) bond motifs is 1. The number of nitrogens with one attached hydrogen (secondary N) is 1. The average molecular weight is 344 g/mol. The molecule has 20 heavy (non-hydrogen) atoms. The monoisotopic (exact) mass is 343 g/mol. The number of aliphatic carboxylic acids is 1. The summed E-state index contributed by atoms with van der Waals surface area (Å²) in [5.74, 6) is 0.335. The summed E-state index contributed by atoms with van der Waals surface area (Å²) in [7, 11) is 0. The number of halogens is 1. The van der Waals surface area contributed by atoms with E-state index in [4.69, 9.17) is 9.47 Å². The van der Waals surface area contributed by atoms with E-state index in [0.29, 0.717) is 36.8 Å². The third-order valence-corrected chi connectivity index (χ3v) is 3.59. The summed E-state index contributed by atoms with van der Waals surface area (Å²) >= 11 is 3.43. The van der Waals surface area contributed by atoms with Gasteiger partial charge in [0.05, 0.1) is 17.7 Å². The molecule has 1 atom stereocenters. The van der Waals surface area contributed by atoms with Crippen LogP contribution in [0.15, 0.2) is 16.6 Å². The van der Waals surface area contributed by atoms with Crippen molar-refractivity contribution >= 4 is 21.9 Å². The summed E-state index contributed by atoms with van der Waals surface area (Å²) in [4.78, 5) is 11.4. The van der Waals surface area contributed by atoms with Gasteiger partial charge in [-0.1, -0.05) is 6.92 Å². The fourth-order valence-electron chi connectivity index (χ4n) is 2.05. The van der Waals surface area contributed by atoms with E-state index in [-0.39, 0.29) is 0 Å².